The van der Waals surface area contributed by atoms with Gasteiger partial charge in [-0.15, -0.1) is 0 Å². The minimum Gasteiger partial charge on any atom is -0.497 e. The monoisotopic (exact) mass is 377 g/mol. The molecule has 144 valence electrons. The van der Waals surface area contributed by atoms with Gasteiger partial charge in [0.15, 0.2) is 0 Å². The molecule has 0 saturated heterocycles. The van der Waals surface area contributed by atoms with Crippen LogP contribution in [-0.4, -0.2) is 24.1 Å². The number of hydrogen-bond acceptors (Lipinski definition) is 5. The Morgan fingerprint density at radius 2 is 1.54 bits per heavy atom. The molecule has 0 unspecified atom stereocenters. The molecule has 0 radical (unpaired) electrons. The van der Waals surface area contributed by atoms with E-state index in [1.807, 2.05) is 38.1 Å². The maximum Gasteiger partial charge on any atom is 0.257 e. The van der Waals surface area contributed by atoms with Gasteiger partial charge in [0.1, 0.15) is 11.5 Å². The standard InChI is InChI=1S/C22H23N3O3/c1-15(2)28-21-10-6-17(7-11-21)24-19-12-16(13-23-14-19)22(26)25-18-4-8-20(27-3)9-5-18/h4-15,24H,1-3H3,(H,25,26). The molecular weight excluding hydrogens is 354 g/mol. The van der Waals surface area contributed by atoms with Gasteiger partial charge in [0.05, 0.1) is 30.7 Å². The highest BCUT2D eigenvalue weighted by Gasteiger charge is 2.08. The molecule has 1 amide bonds. The number of carbonyl (C=O) groups excluding carboxylic acids is 1. The second-order valence-corrected chi connectivity index (χ2v) is 6.46. The molecule has 28 heavy (non-hydrogen) atoms. The number of pyridine rings is 1. The van der Waals surface area contributed by atoms with Crippen LogP contribution in [0.4, 0.5) is 17.1 Å². The predicted octanol–water partition coefficient (Wildman–Crippen LogP) is 4.87. The molecule has 6 nitrogen and oxygen atoms in total. The molecule has 2 N–H and O–H groups in total. The van der Waals surface area contributed by atoms with Crippen molar-refractivity contribution in [3.63, 3.8) is 0 Å². The molecule has 0 atom stereocenters. The molecule has 1 heterocycles. The molecule has 0 fully saturated rings. The summed E-state index contributed by atoms with van der Waals surface area (Å²) in [5.74, 6) is 1.31. The summed E-state index contributed by atoms with van der Waals surface area (Å²) >= 11 is 0. The molecular formula is C22H23N3O3. The third-order valence-electron chi connectivity index (χ3n) is 3.86. The maximum atomic E-state index is 12.5. The topological polar surface area (TPSA) is 72.5 Å². The third kappa shape index (κ3) is 5.23. The first kappa shape index (κ1) is 19.2. The fourth-order valence-electron chi connectivity index (χ4n) is 2.57. The molecule has 0 spiro atoms. The van der Waals surface area contributed by atoms with Gasteiger partial charge < -0.3 is 20.1 Å². The van der Waals surface area contributed by atoms with Crippen molar-refractivity contribution >= 4 is 23.0 Å². The van der Waals surface area contributed by atoms with E-state index in [0.717, 1.165) is 22.9 Å². The minimum absolute atomic E-state index is 0.129. The molecule has 2 aromatic carbocycles. The molecule has 1 aromatic heterocycles. The van der Waals surface area contributed by atoms with E-state index in [0.29, 0.717) is 11.3 Å². The summed E-state index contributed by atoms with van der Waals surface area (Å²) in [6, 6.07) is 16.5. The Morgan fingerprint density at radius 1 is 0.893 bits per heavy atom. The van der Waals surface area contributed by atoms with Gasteiger partial charge in [0, 0.05) is 17.6 Å². The van der Waals surface area contributed by atoms with Crippen LogP contribution >= 0.6 is 0 Å². The summed E-state index contributed by atoms with van der Waals surface area (Å²) < 4.78 is 10.8. The number of nitrogens with one attached hydrogen (secondary N) is 2. The average Bonchev–Trinajstić information content (AvgIpc) is 2.70. The summed E-state index contributed by atoms with van der Waals surface area (Å²) in [6.45, 7) is 3.97. The van der Waals surface area contributed by atoms with Crippen molar-refractivity contribution in [3.8, 4) is 11.5 Å². The minimum atomic E-state index is -0.234. The normalized spacial score (nSPS) is 10.4. The van der Waals surface area contributed by atoms with Crippen LogP contribution in [-0.2, 0) is 0 Å². The van der Waals surface area contributed by atoms with E-state index in [2.05, 4.69) is 15.6 Å². The van der Waals surface area contributed by atoms with Crippen LogP contribution in [0.15, 0.2) is 67.0 Å². The smallest absolute Gasteiger partial charge is 0.257 e. The number of hydrogen-bond donors (Lipinski definition) is 2. The Kier molecular flexibility index (Phi) is 6.11. The van der Waals surface area contributed by atoms with Crippen molar-refractivity contribution in [2.45, 2.75) is 20.0 Å². The number of aromatic nitrogens is 1. The fourth-order valence-corrected chi connectivity index (χ4v) is 2.57. The highest BCUT2D eigenvalue weighted by atomic mass is 16.5. The number of amides is 1. The third-order valence-corrected chi connectivity index (χ3v) is 3.86. The van der Waals surface area contributed by atoms with E-state index in [-0.39, 0.29) is 12.0 Å². The van der Waals surface area contributed by atoms with Crippen LogP contribution in [0, 0.1) is 0 Å². The number of benzene rings is 2. The summed E-state index contributed by atoms with van der Waals surface area (Å²) in [5.41, 5.74) is 2.75. The van der Waals surface area contributed by atoms with Crippen molar-refractivity contribution < 1.29 is 14.3 Å². The maximum absolute atomic E-state index is 12.5. The predicted molar refractivity (Wildman–Crippen MR) is 111 cm³/mol. The largest absolute Gasteiger partial charge is 0.497 e. The van der Waals surface area contributed by atoms with Crippen molar-refractivity contribution in [1.82, 2.24) is 4.98 Å². The van der Waals surface area contributed by atoms with E-state index in [1.54, 1.807) is 43.6 Å². The highest BCUT2D eigenvalue weighted by Crippen LogP contribution is 2.21. The lowest BCUT2D eigenvalue weighted by molar-refractivity contribution is 0.102. The lowest BCUT2D eigenvalue weighted by Gasteiger charge is -2.11. The molecule has 0 aliphatic rings. The van der Waals surface area contributed by atoms with Crippen molar-refractivity contribution in [1.29, 1.82) is 0 Å². The number of rotatable bonds is 7. The average molecular weight is 377 g/mol. The Hall–Kier alpha value is -3.54. The number of ether oxygens (including phenoxy) is 2. The zero-order valence-corrected chi connectivity index (χ0v) is 16.1. The van der Waals surface area contributed by atoms with Gasteiger partial charge in [-0.2, -0.15) is 0 Å². The molecule has 0 bridgehead atoms. The van der Waals surface area contributed by atoms with E-state index in [1.165, 1.54) is 6.20 Å². The van der Waals surface area contributed by atoms with E-state index in [4.69, 9.17) is 9.47 Å². The van der Waals surface area contributed by atoms with Crippen molar-refractivity contribution in [2.24, 2.45) is 0 Å². The second-order valence-electron chi connectivity index (χ2n) is 6.46. The van der Waals surface area contributed by atoms with E-state index >= 15 is 0 Å². The SMILES string of the molecule is COc1ccc(NC(=O)c2cncc(Nc3ccc(OC(C)C)cc3)c2)cc1. The molecule has 0 saturated carbocycles. The van der Waals surface area contributed by atoms with Gasteiger partial charge in [-0.1, -0.05) is 0 Å². The summed E-state index contributed by atoms with van der Waals surface area (Å²) in [6.07, 6.45) is 3.33. The van der Waals surface area contributed by atoms with Gasteiger partial charge in [-0.25, -0.2) is 0 Å². The quantitative estimate of drug-likeness (QED) is 0.614. The van der Waals surface area contributed by atoms with E-state index in [9.17, 15) is 4.79 Å². The first-order valence-electron chi connectivity index (χ1n) is 8.97. The summed E-state index contributed by atoms with van der Waals surface area (Å²) in [5, 5.41) is 6.09. The van der Waals surface area contributed by atoms with Crippen LogP contribution in [0.1, 0.15) is 24.2 Å². The highest BCUT2D eigenvalue weighted by molar-refractivity contribution is 6.04. The Morgan fingerprint density at radius 3 is 2.18 bits per heavy atom. The van der Waals surface area contributed by atoms with Gasteiger partial charge in [0.25, 0.3) is 5.91 Å². The van der Waals surface area contributed by atoms with Crippen molar-refractivity contribution in [2.75, 3.05) is 17.7 Å². The summed E-state index contributed by atoms with van der Waals surface area (Å²) in [4.78, 5) is 16.7. The van der Waals surface area contributed by atoms with Crippen LogP contribution < -0.4 is 20.1 Å². The van der Waals surface area contributed by atoms with Crippen LogP contribution in [0.25, 0.3) is 0 Å². The zero-order chi connectivity index (χ0) is 19.9. The molecule has 3 rings (SSSR count). The lowest BCUT2D eigenvalue weighted by Crippen LogP contribution is -2.12. The first-order chi connectivity index (χ1) is 13.5. The molecule has 0 aliphatic carbocycles. The Labute approximate surface area is 164 Å². The zero-order valence-electron chi connectivity index (χ0n) is 16.1. The van der Waals surface area contributed by atoms with Crippen LogP contribution in [0.5, 0.6) is 11.5 Å². The number of nitrogens with zero attached hydrogens (tertiary/aromatic N) is 1. The Balaban J connectivity index is 1.66. The van der Waals surface area contributed by atoms with Gasteiger partial charge >= 0.3 is 0 Å². The lowest BCUT2D eigenvalue weighted by atomic mass is 10.2. The van der Waals surface area contributed by atoms with Gasteiger partial charge in [-0.3, -0.25) is 9.78 Å². The van der Waals surface area contributed by atoms with Crippen LogP contribution in [0.3, 0.4) is 0 Å². The van der Waals surface area contributed by atoms with Gasteiger partial charge in [0.2, 0.25) is 0 Å². The number of methoxy groups -OCH3 is 1. The molecule has 0 aliphatic heterocycles. The van der Waals surface area contributed by atoms with Crippen LogP contribution in [0.2, 0.25) is 0 Å². The Bertz CT molecular complexity index is 923. The van der Waals surface area contributed by atoms with Crippen molar-refractivity contribution in [3.05, 3.63) is 72.6 Å². The molecule has 3 aromatic rings. The summed E-state index contributed by atoms with van der Waals surface area (Å²) in [7, 11) is 1.60. The fraction of sp³-hybridized carbons (Fsp3) is 0.182. The number of carbonyl (C=O) groups is 1. The van der Waals surface area contributed by atoms with E-state index < -0.39 is 0 Å². The number of anilines is 3. The first-order valence-corrected chi connectivity index (χ1v) is 8.97. The molecule has 6 heteroatoms. The van der Waals surface area contributed by atoms with Gasteiger partial charge in [-0.05, 0) is 68.4 Å². The second kappa shape index (κ2) is 8.90.